The summed E-state index contributed by atoms with van der Waals surface area (Å²) < 4.78 is 30.4. The molecule has 1 aliphatic rings. The van der Waals surface area contributed by atoms with Crippen molar-refractivity contribution in [2.24, 2.45) is 5.14 Å². The number of terminal acetylenes is 1. The predicted octanol–water partition coefficient (Wildman–Crippen LogP) is 4.43. The van der Waals surface area contributed by atoms with Gasteiger partial charge in [0.25, 0.3) is 0 Å². The van der Waals surface area contributed by atoms with Gasteiger partial charge in [0.2, 0.25) is 10.0 Å². The van der Waals surface area contributed by atoms with Gasteiger partial charge in [0.15, 0.2) is 6.10 Å². The lowest BCUT2D eigenvalue weighted by molar-refractivity contribution is 0.247. The van der Waals surface area contributed by atoms with E-state index in [-0.39, 0.29) is 11.9 Å². The van der Waals surface area contributed by atoms with Gasteiger partial charge in [-0.15, -0.1) is 17.8 Å². The van der Waals surface area contributed by atoms with Gasteiger partial charge in [-0.1, -0.05) is 30.2 Å². The molecule has 0 bridgehead atoms. The summed E-state index contributed by atoms with van der Waals surface area (Å²) in [5.41, 5.74) is 4.02. The van der Waals surface area contributed by atoms with Gasteiger partial charge in [-0.05, 0) is 51.3 Å². The Bertz CT molecular complexity index is 1190. The Morgan fingerprint density at radius 2 is 2.04 bits per heavy atom. The largest absolute Gasteiger partial charge is 0.479 e. The highest BCUT2D eigenvalue weighted by Gasteiger charge is 2.30. The molecule has 2 heterocycles. The minimum absolute atomic E-state index is 0.231. The molecule has 0 amide bonds. The summed E-state index contributed by atoms with van der Waals surface area (Å²) in [4.78, 5) is 1.01. The Hall–Kier alpha value is -2.11. The van der Waals surface area contributed by atoms with Crippen molar-refractivity contribution in [3.05, 3.63) is 73.9 Å². The summed E-state index contributed by atoms with van der Waals surface area (Å²) in [6.45, 7) is 0. The number of rotatable bonds is 3. The van der Waals surface area contributed by atoms with E-state index in [9.17, 15) is 8.42 Å². The zero-order chi connectivity index (χ0) is 19.2. The maximum absolute atomic E-state index is 11.5. The fraction of sp³-hybridized carbons (Fsp3) is 0.100. The van der Waals surface area contributed by atoms with Crippen LogP contribution in [0.4, 0.5) is 0 Å². The molecule has 1 unspecified atom stereocenters. The van der Waals surface area contributed by atoms with E-state index in [1.807, 2.05) is 42.5 Å². The van der Waals surface area contributed by atoms with E-state index < -0.39 is 10.0 Å². The second-order valence-corrected chi connectivity index (χ2v) is 10.3. The highest BCUT2D eigenvalue weighted by molar-refractivity contribution is 9.11. The maximum Gasteiger partial charge on any atom is 0.213 e. The Kier molecular flexibility index (Phi) is 4.60. The molecule has 0 saturated carbocycles. The van der Waals surface area contributed by atoms with Crippen molar-refractivity contribution in [1.29, 1.82) is 0 Å². The summed E-state index contributed by atoms with van der Waals surface area (Å²) in [6.07, 6.45) is 5.34. The van der Waals surface area contributed by atoms with Crippen LogP contribution in [0.25, 0.3) is 11.1 Å². The number of halogens is 1. The lowest BCUT2D eigenvalue weighted by Crippen LogP contribution is -2.17. The minimum atomic E-state index is -3.63. The molecular weight excluding hydrogens is 446 g/mol. The molecule has 2 N–H and O–H groups in total. The number of benzene rings is 2. The van der Waals surface area contributed by atoms with Crippen LogP contribution in [0.5, 0.6) is 5.75 Å². The molecule has 1 aliphatic heterocycles. The molecule has 7 heteroatoms. The number of sulfonamides is 1. The van der Waals surface area contributed by atoms with Crippen molar-refractivity contribution in [1.82, 2.24) is 0 Å². The number of hydrogen-bond donors (Lipinski definition) is 1. The molecule has 0 radical (unpaired) electrons. The number of primary sulfonamides is 1. The first-order chi connectivity index (χ1) is 12.9. The van der Waals surface area contributed by atoms with E-state index in [1.165, 1.54) is 0 Å². The normalized spacial score (nSPS) is 15.4. The first-order valence-electron chi connectivity index (χ1n) is 8.01. The fourth-order valence-corrected chi connectivity index (χ4v) is 5.39. The third-order valence-corrected chi connectivity index (χ3v) is 6.72. The minimum Gasteiger partial charge on any atom is -0.479 e. The van der Waals surface area contributed by atoms with Crippen LogP contribution in [0, 0.1) is 12.3 Å². The molecule has 1 atom stereocenters. The van der Waals surface area contributed by atoms with Crippen molar-refractivity contribution in [3.8, 4) is 29.2 Å². The van der Waals surface area contributed by atoms with E-state index in [2.05, 4.69) is 21.9 Å². The lowest BCUT2D eigenvalue weighted by Gasteiger charge is -2.29. The smallest absolute Gasteiger partial charge is 0.213 e. The third-order valence-electron chi connectivity index (χ3n) is 4.31. The van der Waals surface area contributed by atoms with Crippen molar-refractivity contribution >= 4 is 37.3 Å². The van der Waals surface area contributed by atoms with Gasteiger partial charge in [0.1, 0.15) is 5.75 Å². The number of fused-ring (bicyclic) bond motifs is 3. The first kappa shape index (κ1) is 18.3. The fourth-order valence-electron chi connectivity index (χ4n) is 3.28. The number of nitrogens with two attached hydrogens (primary N) is 1. The Morgan fingerprint density at radius 3 is 2.70 bits per heavy atom. The molecular formula is C20H14BrNO3S2. The summed E-state index contributed by atoms with van der Waals surface area (Å²) in [5, 5.41) is 5.23. The quantitative estimate of drug-likeness (QED) is 0.588. The van der Waals surface area contributed by atoms with Gasteiger partial charge >= 0.3 is 0 Å². The molecule has 136 valence electrons. The molecule has 0 saturated heterocycles. The van der Waals surface area contributed by atoms with E-state index in [0.717, 1.165) is 30.9 Å². The molecule has 0 aliphatic carbocycles. The third kappa shape index (κ3) is 3.54. The van der Waals surface area contributed by atoms with Gasteiger partial charge in [0, 0.05) is 16.7 Å². The van der Waals surface area contributed by atoms with Crippen LogP contribution in [0.15, 0.2) is 52.3 Å². The Labute approximate surface area is 170 Å². The molecule has 0 spiro atoms. The van der Waals surface area contributed by atoms with Crippen LogP contribution in [-0.4, -0.2) is 8.42 Å². The second kappa shape index (κ2) is 6.80. The SMILES string of the molecule is C#Cc1cccc2c1-c1ccc(CS(N)(=O)=O)cc1C(c1ccc(Br)s1)O2. The molecule has 0 fully saturated rings. The van der Waals surface area contributed by atoms with Crippen LogP contribution in [0.1, 0.15) is 27.7 Å². The van der Waals surface area contributed by atoms with E-state index in [1.54, 1.807) is 17.4 Å². The van der Waals surface area contributed by atoms with Crippen LogP contribution in [-0.2, 0) is 15.8 Å². The van der Waals surface area contributed by atoms with E-state index >= 15 is 0 Å². The van der Waals surface area contributed by atoms with Gasteiger partial charge in [-0.3, -0.25) is 0 Å². The maximum atomic E-state index is 11.5. The highest BCUT2D eigenvalue weighted by Crippen LogP contribution is 2.48. The Morgan fingerprint density at radius 1 is 1.22 bits per heavy atom. The van der Waals surface area contributed by atoms with Crippen LogP contribution in [0.2, 0.25) is 0 Å². The summed E-state index contributed by atoms with van der Waals surface area (Å²) in [6, 6.07) is 15.1. The topological polar surface area (TPSA) is 69.4 Å². The average Bonchev–Trinajstić information content (AvgIpc) is 3.05. The molecule has 2 aromatic carbocycles. The van der Waals surface area contributed by atoms with Crippen LogP contribution < -0.4 is 9.88 Å². The van der Waals surface area contributed by atoms with Crippen LogP contribution >= 0.6 is 27.3 Å². The van der Waals surface area contributed by atoms with Crippen molar-refractivity contribution in [3.63, 3.8) is 0 Å². The van der Waals surface area contributed by atoms with Gasteiger partial charge in [0.05, 0.1) is 14.4 Å². The summed E-state index contributed by atoms with van der Waals surface area (Å²) in [5.74, 6) is 3.19. The lowest BCUT2D eigenvalue weighted by atomic mass is 9.88. The molecule has 4 nitrogen and oxygen atoms in total. The number of hydrogen-bond acceptors (Lipinski definition) is 4. The number of thiophene rings is 1. The van der Waals surface area contributed by atoms with Crippen LogP contribution in [0.3, 0.4) is 0 Å². The summed E-state index contributed by atoms with van der Waals surface area (Å²) in [7, 11) is -3.63. The van der Waals surface area contributed by atoms with Gasteiger partial charge < -0.3 is 4.74 Å². The molecule has 27 heavy (non-hydrogen) atoms. The molecule has 4 rings (SSSR count). The van der Waals surface area contributed by atoms with Crippen molar-refractivity contribution in [2.45, 2.75) is 11.9 Å². The van der Waals surface area contributed by atoms with Crippen molar-refractivity contribution < 1.29 is 13.2 Å². The zero-order valence-electron chi connectivity index (χ0n) is 14.0. The highest BCUT2D eigenvalue weighted by atomic mass is 79.9. The predicted molar refractivity (Wildman–Crippen MR) is 111 cm³/mol. The first-order valence-corrected chi connectivity index (χ1v) is 11.3. The van der Waals surface area contributed by atoms with Gasteiger partial charge in [-0.2, -0.15) is 0 Å². The molecule has 1 aromatic heterocycles. The van der Waals surface area contributed by atoms with E-state index in [0.29, 0.717) is 11.3 Å². The number of ether oxygens (including phenoxy) is 1. The second-order valence-electron chi connectivity index (χ2n) is 6.19. The average molecular weight is 460 g/mol. The van der Waals surface area contributed by atoms with Crippen molar-refractivity contribution in [2.75, 3.05) is 0 Å². The standard InChI is InChI=1S/C20H14BrNO3S2/c1-2-13-4-3-5-16-19(13)14-7-6-12(11-27(22,23)24)10-15(14)20(25-16)17-8-9-18(21)26-17/h1,3-10,20H,11H2,(H2,22,23,24). The van der Waals surface area contributed by atoms with Gasteiger partial charge in [-0.25, -0.2) is 13.6 Å². The molecule has 3 aromatic rings. The monoisotopic (exact) mass is 459 g/mol. The van der Waals surface area contributed by atoms with E-state index in [4.69, 9.17) is 16.3 Å². The Balaban J connectivity index is 1.94. The zero-order valence-corrected chi connectivity index (χ0v) is 17.2. The summed E-state index contributed by atoms with van der Waals surface area (Å²) >= 11 is 5.06.